The summed E-state index contributed by atoms with van der Waals surface area (Å²) in [5.41, 5.74) is 1.96. The van der Waals surface area contributed by atoms with E-state index in [1.807, 2.05) is 44.7 Å². The van der Waals surface area contributed by atoms with Gasteiger partial charge in [-0.05, 0) is 30.2 Å². The van der Waals surface area contributed by atoms with Crippen molar-refractivity contribution in [3.8, 4) is 0 Å². The third-order valence-corrected chi connectivity index (χ3v) is 5.17. The van der Waals surface area contributed by atoms with Crippen LogP contribution in [0, 0.1) is 11.7 Å². The molecule has 0 atom stereocenters. The van der Waals surface area contributed by atoms with Crippen LogP contribution < -0.4 is 4.90 Å². The van der Waals surface area contributed by atoms with Gasteiger partial charge in [0.1, 0.15) is 11.6 Å². The van der Waals surface area contributed by atoms with Gasteiger partial charge >= 0.3 is 0 Å². The lowest BCUT2D eigenvalue weighted by Gasteiger charge is -2.36. The minimum absolute atomic E-state index is 0.0492. The summed E-state index contributed by atoms with van der Waals surface area (Å²) in [6, 6.07) is 12.6. The van der Waals surface area contributed by atoms with Gasteiger partial charge in [-0.2, -0.15) is 0 Å². The van der Waals surface area contributed by atoms with Crippen LogP contribution in [-0.4, -0.2) is 46.4 Å². The topological polar surface area (TPSA) is 40.9 Å². The number of aromatic nitrogens is 2. The summed E-state index contributed by atoms with van der Waals surface area (Å²) in [7, 11) is 0. The number of piperazine rings is 1. The highest BCUT2D eigenvalue weighted by Crippen LogP contribution is 2.22. The molecule has 1 saturated heterocycles. The Balaban J connectivity index is 1.54. The zero-order valence-electron chi connectivity index (χ0n) is 16.3. The number of benzene rings is 1. The minimum atomic E-state index is -0.222. The van der Waals surface area contributed by atoms with Crippen molar-refractivity contribution in [2.75, 3.05) is 31.1 Å². The molecular weight excluding hydrogens is 355 g/mol. The first kappa shape index (κ1) is 18.5. The van der Waals surface area contributed by atoms with Gasteiger partial charge in [0.25, 0.3) is 5.91 Å². The maximum Gasteiger partial charge on any atom is 0.274 e. The number of imidazole rings is 1. The molecule has 5 nitrogen and oxygen atoms in total. The zero-order valence-corrected chi connectivity index (χ0v) is 16.3. The number of hydrogen-bond acceptors (Lipinski definition) is 3. The molecule has 1 aliphatic rings. The number of halogens is 1. The van der Waals surface area contributed by atoms with Crippen molar-refractivity contribution in [1.29, 1.82) is 0 Å². The predicted octanol–water partition coefficient (Wildman–Crippen LogP) is 3.63. The first-order valence-corrected chi connectivity index (χ1v) is 9.79. The molecule has 0 bridgehead atoms. The Morgan fingerprint density at radius 3 is 2.50 bits per heavy atom. The van der Waals surface area contributed by atoms with Gasteiger partial charge < -0.3 is 14.2 Å². The minimum Gasteiger partial charge on any atom is -0.366 e. The van der Waals surface area contributed by atoms with Crippen LogP contribution in [0.4, 0.5) is 10.1 Å². The van der Waals surface area contributed by atoms with E-state index in [-0.39, 0.29) is 11.7 Å². The highest BCUT2D eigenvalue weighted by Gasteiger charge is 2.27. The van der Waals surface area contributed by atoms with Crippen molar-refractivity contribution < 1.29 is 9.18 Å². The molecule has 1 fully saturated rings. The van der Waals surface area contributed by atoms with Gasteiger partial charge in [-0.3, -0.25) is 4.79 Å². The SMILES string of the molecule is CC(C)Cc1nc(C(=O)N2CCN(c3ccccc3F)CC2)c2ccccn12. The highest BCUT2D eigenvalue weighted by molar-refractivity contribution is 5.99. The van der Waals surface area contributed by atoms with Crippen LogP contribution >= 0.6 is 0 Å². The van der Waals surface area contributed by atoms with E-state index in [2.05, 4.69) is 13.8 Å². The molecular formula is C22H25FN4O. The summed E-state index contributed by atoms with van der Waals surface area (Å²) in [6.45, 7) is 6.62. The van der Waals surface area contributed by atoms with E-state index in [1.54, 1.807) is 12.1 Å². The molecule has 3 aromatic rings. The highest BCUT2D eigenvalue weighted by atomic mass is 19.1. The molecule has 1 aliphatic heterocycles. The molecule has 0 unspecified atom stereocenters. The van der Waals surface area contributed by atoms with Crippen molar-refractivity contribution in [1.82, 2.24) is 14.3 Å². The van der Waals surface area contributed by atoms with Gasteiger partial charge in [-0.25, -0.2) is 9.37 Å². The quantitative estimate of drug-likeness (QED) is 0.694. The monoisotopic (exact) mass is 380 g/mol. The Morgan fingerprint density at radius 1 is 1.07 bits per heavy atom. The number of amides is 1. The van der Waals surface area contributed by atoms with E-state index in [9.17, 15) is 9.18 Å². The molecule has 0 N–H and O–H groups in total. The average Bonchev–Trinajstić information content (AvgIpc) is 3.06. The third-order valence-electron chi connectivity index (χ3n) is 5.17. The predicted molar refractivity (Wildman–Crippen MR) is 108 cm³/mol. The molecule has 0 aliphatic carbocycles. The van der Waals surface area contributed by atoms with Crippen molar-refractivity contribution in [3.63, 3.8) is 0 Å². The van der Waals surface area contributed by atoms with Gasteiger partial charge in [0, 0.05) is 38.8 Å². The smallest absolute Gasteiger partial charge is 0.274 e. The van der Waals surface area contributed by atoms with Crippen molar-refractivity contribution in [3.05, 3.63) is 66.0 Å². The summed E-state index contributed by atoms with van der Waals surface area (Å²) in [5.74, 6) is 1.10. The van der Waals surface area contributed by atoms with Crippen molar-refractivity contribution >= 4 is 17.1 Å². The van der Waals surface area contributed by atoms with Gasteiger partial charge in [0.2, 0.25) is 0 Å². The fourth-order valence-corrected chi connectivity index (χ4v) is 3.78. The Hall–Kier alpha value is -2.89. The second-order valence-electron chi connectivity index (χ2n) is 7.66. The number of anilines is 1. The molecule has 28 heavy (non-hydrogen) atoms. The molecule has 4 rings (SSSR count). The maximum atomic E-state index is 14.0. The van der Waals surface area contributed by atoms with Crippen LogP contribution in [0.3, 0.4) is 0 Å². The van der Waals surface area contributed by atoms with E-state index >= 15 is 0 Å². The van der Waals surface area contributed by atoms with Crippen LogP contribution in [0.2, 0.25) is 0 Å². The van der Waals surface area contributed by atoms with E-state index < -0.39 is 0 Å². The number of carbonyl (C=O) groups is 1. The van der Waals surface area contributed by atoms with Gasteiger partial charge in [0.15, 0.2) is 5.69 Å². The fraction of sp³-hybridized carbons (Fsp3) is 0.364. The van der Waals surface area contributed by atoms with Crippen LogP contribution in [0.15, 0.2) is 48.7 Å². The second-order valence-corrected chi connectivity index (χ2v) is 7.66. The number of pyridine rings is 1. The van der Waals surface area contributed by atoms with Crippen LogP contribution in [0.25, 0.3) is 5.52 Å². The second kappa shape index (κ2) is 7.62. The number of para-hydroxylation sites is 1. The first-order valence-electron chi connectivity index (χ1n) is 9.79. The van der Waals surface area contributed by atoms with E-state index in [4.69, 9.17) is 4.98 Å². The van der Waals surface area contributed by atoms with Crippen LogP contribution in [0.5, 0.6) is 0 Å². The average molecular weight is 380 g/mol. The molecule has 0 radical (unpaired) electrons. The molecule has 146 valence electrons. The number of carbonyl (C=O) groups excluding carboxylic acids is 1. The maximum absolute atomic E-state index is 14.0. The van der Waals surface area contributed by atoms with Gasteiger partial charge in [0.05, 0.1) is 11.2 Å². The number of nitrogens with zero attached hydrogens (tertiary/aromatic N) is 4. The molecule has 3 heterocycles. The molecule has 1 amide bonds. The number of rotatable bonds is 4. The zero-order chi connectivity index (χ0) is 19.7. The molecule has 6 heteroatoms. The van der Waals surface area contributed by atoms with Gasteiger partial charge in [-0.1, -0.05) is 32.0 Å². The standard InChI is InChI=1S/C22H25FN4O/c1-16(2)15-20-24-21(19-9-5-6-10-27(19)20)22(28)26-13-11-25(12-14-26)18-8-4-3-7-17(18)23/h3-10,16H,11-15H2,1-2H3. The van der Waals surface area contributed by atoms with Crippen LogP contribution in [0.1, 0.15) is 30.2 Å². The van der Waals surface area contributed by atoms with E-state index in [0.717, 1.165) is 17.8 Å². The molecule has 2 aromatic heterocycles. The summed E-state index contributed by atoms with van der Waals surface area (Å²) in [6.07, 6.45) is 2.78. The Labute approximate surface area is 164 Å². The van der Waals surface area contributed by atoms with Crippen molar-refractivity contribution in [2.45, 2.75) is 20.3 Å². The summed E-state index contributed by atoms with van der Waals surface area (Å²) in [5, 5.41) is 0. The summed E-state index contributed by atoms with van der Waals surface area (Å²) >= 11 is 0. The largest absolute Gasteiger partial charge is 0.366 e. The van der Waals surface area contributed by atoms with E-state index in [0.29, 0.717) is 43.5 Å². The Bertz CT molecular complexity index is 989. The number of hydrogen-bond donors (Lipinski definition) is 0. The molecule has 0 spiro atoms. The third kappa shape index (κ3) is 3.46. The Kier molecular flexibility index (Phi) is 5.03. The summed E-state index contributed by atoms with van der Waals surface area (Å²) < 4.78 is 16.1. The molecule has 0 saturated carbocycles. The number of fused-ring (bicyclic) bond motifs is 1. The van der Waals surface area contributed by atoms with Crippen molar-refractivity contribution in [2.24, 2.45) is 5.92 Å². The van der Waals surface area contributed by atoms with E-state index in [1.165, 1.54) is 6.07 Å². The summed E-state index contributed by atoms with van der Waals surface area (Å²) in [4.78, 5) is 21.7. The normalized spacial score (nSPS) is 14.9. The first-order chi connectivity index (χ1) is 13.5. The lowest BCUT2D eigenvalue weighted by atomic mass is 10.1. The lowest BCUT2D eigenvalue weighted by molar-refractivity contribution is 0.0743. The molecule has 1 aromatic carbocycles. The van der Waals surface area contributed by atoms with Crippen LogP contribution in [-0.2, 0) is 6.42 Å². The fourth-order valence-electron chi connectivity index (χ4n) is 3.78. The van der Waals surface area contributed by atoms with Gasteiger partial charge in [-0.15, -0.1) is 0 Å². The lowest BCUT2D eigenvalue weighted by Crippen LogP contribution is -2.49. The Morgan fingerprint density at radius 2 is 1.79 bits per heavy atom.